The van der Waals surface area contributed by atoms with Crippen molar-refractivity contribution in [2.45, 2.75) is 63.4 Å². The molecule has 0 spiro atoms. The van der Waals surface area contributed by atoms with Crippen molar-refractivity contribution in [2.75, 3.05) is 20.8 Å². The fourth-order valence-corrected chi connectivity index (χ4v) is 6.19. The molecule has 0 radical (unpaired) electrons. The van der Waals surface area contributed by atoms with Crippen LogP contribution in [0.1, 0.15) is 68.4 Å². The van der Waals surface area contributed by atoms with Crippen molar-refractivity contribution in [2.24, 2.45) is 5.92 Å². The molecule has 0 amide bonds. The summed E-state index contributed by atoms with van der Waals surface area (Å²) in [6, 6.07) is 13.5. The number of Topliss-reactive ketones (excluding diaryl/α,β-unsaturated/α-hetero) is 1. The number of carbonyl (C=O) groups excluding carboxylic acids is 2. The molecule has 0 aromatic heterocycles. The minimum Gasteiger partial charge on any atom is -0.497 e. The molecule has 1 heterocycles. The van der Waals surface area contributed by atoms with Crippen LogP contribution in [-0.4, -0.2) is 38.7 Å². The molecule has 2 aliphatic carbocycles. The standard InChI is InChI=1S/C32H37NO6/c1-5-38-27-15-12-21(18-28(27)37-4)30-29(32(35)39-24-8-6-7-9-24)19(2)33-25-16-22(17-26(34)31(25)30)20-10-13-23(36-3)14-11-20/h10-15,18,22,24,29-30,33H,2,5-9,16-17H2,1,3-4H3. The molecule has 1 fully saturated rings. The highest BCUT2D eigenvalue weighted by Gasteiger charge is 2.46. The largest absolute Gasteiger partial charge is 0.497 e. The molecule has 5 rings (SSSR count). The van der Waals surface area contributed by atoms with Gasteiger partial charge in [0.1, 0.15) is 17.8 Å². The normalized spacial score (nSPS) is 23.2. The first-order valence-corrected chi connectivity index (χ1v) is 13.8. The van der Waals surface area contributed by atoms with E-state index in [9.17, 15) is 9.59 Å². The van der Waals surface area contributed by atoms with Gasteiger partial charge < -0.3 is 24.3 Å². The van der Waals surface area contributed by atoms with Gasteiger partial charge in [0, 0.05) is 29.3 Å². The number of ether oxygens (including phenoxy) is 4. The number of hydrogen-bond acceptors (Lipinski definition) is 7. The Hall–Kier alpha value is -3.74. The highest BCUT2D eigenvalue weighted by atomic mass is 16.5. The first-order chi connectivity index (χ1) is 18.9. The van der Waals surface area contributed by atoms with Crippen LogP contribution in [0.5, 0.6) is 17.2 Å². The number of ketones is 1. The van der Waals surface area contributed by atoms with Gasteiger partial charge in [-0.2, -0.15) is 0 Å². The van der Waals surface area contributed by atoms with E-state index in [0.717, 1.165) is 48.3 Å². The Morgan fingerprint density at radius 2 is 1.69 bits per heavy atom. The average Bonchev–Trinajstić information content (AvgIpc) is 3.45. The maximum Gasteiger partial charge on any atom is 0.316 e. The van der Waals surface area contributed by atoms with E-state index in [1.165, 1.54) is 0 Å². The molecular formula is C32H37NO6. The number of allylic oxidation sites excluding steroid dienone is 2. The third kappa shape index (κ3) is 5.40. The van der Waals surface area contributed by atoms with Crippen LogP contribution >= 0.6 is 0 Å². The van der Waals surface area contributed by atoms with E-state index < -0.39 is 11.8 Å². The summed E-state index contributed by atoms with van der Waals surface area (Å²) >= 11 is 0. The molecule has 1 N–H and O–H groups in total. The Kier molecular flexibility index (Phi) is 7.96. The average molecular weight is 532 g/mol. The Morgan fingerprint density at radius 3 is 2.36 bits per heavy atom. The van der Waals surface area contributed by atoms with Crippen molar-refractivity contribution < 1.29 is 28.5 Å². The van der Waals surface area contributed by atoms with Crippen molar-refractivity contribution in [1.29, 1.82) is 0 Å². The smallest absolute Gasteiger partial charge is 0.316 e. The summed E-state index contributed by atoms with van der Waals surface area (Å²) in [7, 11) is 3.22. The predicted molar refractivity (Wildman–Crippen MR) is 148 cm³/mol. The van der Waals surface area contributed by atoms with Crippen LogP contribution in [0.2, 0.25) is 0 Å². The fourth-order valence-electron chi connectivity index (χ4n) is 6.19. The molecule has 39 heavy (non-hydrogen) atoms. The first-order valence-electron chi connectivity index (χ1n) is 13.8. The monoisotopic (exact) mass is 531 g/mol. The molecule has 1 aliphatic heterocycles. The quantitative estimate of drug-likeness (QED) is 0.431. The molecule has 0 saturated heterocycles. The predicted octanol–water partition coefficient (Wildman–Crippen LogP) is 5.81. The minimum atomic E-state index is -0.728. The molecule has 0 bridgehead atoms. The molecular weight excluding hydrogens is 494 g/mol. The van der Waals surface area contributed by atoms with Crippen LogP contribution in [0.4, 0.5) is 0 Å². The number of carbonyl (C=O) groups is 2. The minimum absolute atomic E-state index is 0.0139. The number of hydrogen-bond donors (Lipinski definition) is 1. The van der Waals surface area contributed by atoms with Gasteiger partial charge >= 0.3 is 5.97 Å². The lowest BCUT2D eigenvalue weighted by Gasteiger charge is -2.40. The highest BCUT2D eigenvalue weighted by Crippen LogP contribution is 2.48. The molecule has 7 heteroatoms. The molecule has 3 aliphatic rings. The van der Waals surface area contributed by atoms with Gasteiger partial charge in [0.2, 0.25) is 0 Å². The van der Waals surface area contributed by atoms with Gasteiger partial charge in [0.25, 0.3) is 0 Å². The van der Waals surface area contributed by atoms with Crippen LogP contribution in [0.25, 0.3) is 0 Å². The summed E-state index contributed by atoms with van der Waals surface area (Å²) in [5, 5.41) is 3.37. The molecule has 3 atom stereocenters. The Morgan fingerprint density at radius 1 is 0.974 bits per heavy atom. The summed E-state index contributed by atoms with van der Waals surface area (Å²) < 4.78 is 22.6. The van der Waals surface area contributed by atoms with E-state index in [4.69, 9.17) is 18.9 Å². The second-order valence-corrected chi connectivity index (χ2v) is 10.5. The maximum absolute atomic E-state index is 13.9. The molecule has 2 aromatic rings. The Labute approximate surface area is 230 Å². The number of rotatable bonds is 8. The van der Waals surface area contributed by atoms with E-state index in [2.05, 4.69) is 11.9 Å². The summed E-state index contributed by atoms with van der Waals surface area (Å²) in [6.45, 7) is 6.67. The van der Waals surface area contributed by atoms with Crippen LogP contribution < -0.4 is 19.5 Å². The summed E-state index contributed by atoms with van der Waals surface area (Å²) in [4.78, 5) is 27.6. The van der Waals surface area contributed by atoms with E-state index in [0.29, 0.717) is 42.2 Å². The van der Waals surface area contributed by atoms with Crippen LogP contribution in [0.15, 0.2) is 66.0 Å². The van der Waals surface area contributed by atoms with Crippen molar-refractivity contribution in [1.82, 2.24) is 5.32 Å². The lowest BCUT2D eigenvalue weighted by Crippen LogP contribution is -2.42. The van der Waals surface area contributed by atoms with Crippen molar-refractivity contribution in [3.63, 3.8) is 0 Å². The number of nitrogens with one attached hydrogen (secondary N) is 1. The first kappa shape index (κ1) is 26.9. The fraction of sp³-hybridized carbons (Fsp3) is 0.438. The molecule has 3 unspecified atom stereocenters. The van der Waals surface area contributed by atoms with Gasteiger partial charge in [0.05, 0.1) is 20.8 Å². The van der Waals surface area contributed by atoms with E-state index in [1.807, 2.05) is 49.4 Å². The zero-order valence-corrected chi connectivity index (χ0v) is 23.0. The number of methoxy groups -OCH3 is 2. The number of esters is 1. The van der Waals surface area contributed by atoms with E-state index in [-0.39, 0.29) is 23.8 Å². The summed E-state index contributed by atoms with van der Waals surface area (Å²) in [5.74, 6) is 0.388. The molecule has 7 nitrogen and oxygen atoms in total. The highest BCUT2D eigenvalue weighted by molar-refractivity contribution is 6.01. The summed E-state index contributed by atoms with van der Waals surface area (Å²) in [5.41, 5.74) is 3.88. The third-order valence-electron chi connectivity index (χ3n) is 8.11. The maximum atomic E-state index is 13.9. The number of benzene rings is 2. The van der Waals surface area contributed by atoms with Gasteiger partial charge in [-0.15, -0.1) is 0 Å². The van der Waals surface area contributed by atoms with E-state index >= 15 is 0 Å². The molecule has 2 aromatic carbocycles. The molecule has 1 saturated carbocycles. The zero-order valence-electron chi connectivity index (χ0n) is 23.0. The van der Waals surface area contributed by atoms with Crippen LogP contribution in [0.3, 0.4) is 0 Å². The topological polar surface area (TPSA) is 83.1 Å². The summed E-state index contributed by atoms with van der Waals surface area (Å²) in [6.07, 6.45) is 4.77. The van der Waals surface area contributed by atoms with Gasteiger partial charge in [0.15, 0.2) is 17.3 Å². The van der Waals surface area contributed by atoms with Gasteiger partial charge in [-0.05, 0) is 80.3 Å². The Balaban J connectivity index is 1.55. The SMILES string of the molecule is C=C1NC2=C(C(=O)CC(c3ccc(OC)cc3)C2)C(c2ccc(OCC)c(OC)c2)C1C(=O)OC1CCCC1. The van der Waals surface area contributed by atoms with Crippen molar-refractivity contribution in [3.05, 3.63) is 77.1 Å². The Bertz CT molecular complexity index is 1270. The lowest BCUT2D eigenvalue weighted by molar-refractivity contribution is -0.153. The van der Waals surface area contributed by atoms with Gasteiger partial charge in [-0.3, -0.25) is 9.59 Å². The van der Waals surface area contributed by atoms with Crippen LogP contribution in [0, 0.1) is 5.92 Å². The van der Waals surface area contributed by atoms with Crippen molar-refractivity contribution in [3.8, 4) is 17.2 Å². The van der Waals surface area contributed by atoms with Gasteiger partial charge in [-0.1, -0.05) is 24.8 Å². The van der Waals surface area contributed by atoms with Crippen LogP contribution in [-0.2, 0) is 14.3 Å². The lowest BCUT2D eigenvalue weighted by atomic mass is 9.69. The molecule has 206 valence electrons. The zero-order chi connectivity index (χ0) is 27.5. The third-order valence-corrected chi connectivity index (χ3v) is 8.11. The second kappa shape index (κ2) is 11.6. The van der Waals surface area contributed by atoms with Gasteiger partial charge in [-0.25, -0.2) is 0 Å². The van der Waals surface area contributed by atoms with Crippen molar-refractivity contribution >= 4 is 11.8 Å². The van der Waals surface area contributed by atoms with E-state index in [1.54, 1.807) is 14.2 Å². The second-order valence-electron chi connectivity index (χ2n) is 10.5.